The van der Waals surface area contributed by atoms with Crippen LogP contribution < -0.4 is 10.1 Å². The van der Waals surface area contributed by atoms with E-state index in [1.54, 1.807) is 18.2 Å². The van der Waals surface area contributed by atoms with Gasteiger partial charge in [-0.15, -0.1) is 0 Å². The molecule has 0 aliphatic heterocycles. The molecule has 0 aliphatic rings. The molecule has 2 aromatic carbocycles. The number of ether oxygens (including phenoxy) is 1. The van der Waals surface area contributed by atoms with Crippen LogP contribution in [0.4, 0.5) is 14.5 Å². The van der Waals surface area contributed by atoms with Crippen molar-refractivity contribution < 1.29 is 18.3 Å². The first-order chi connectivity index (χ1) is 9.95. The van der Waals surface area contributed by atoms with Gasteiger partial charge in [-0.1, -0.05) is 29.3 Å². The van der Waals surface area contributed by atoms with Gasteiger partial charge in [-0.05, 0) is 36.4 Å². The molecule has 0 aromatic heterocycles. The summed E-state index contributed by atoms with van der Waals surface area (Å²) < 4.78 is 28.4. The average molecular weight is 332 g/mol. The van der Waals surface area contributed by atoms with E-state index < -0.39 is 12.5 Å². The lowest BCUT2D eigenvalue weighted by atomic mass is 10.2. The Balaban J connectivity index is 2.13. The Labute approximate surface area is 129 Å². The van der Waals surface area contributed by atoms with Gasteiger partial charge in [-0.25, -0.2) is 0 Å². The van der Waals surface area contributed by atoms with Crippen LogP contribution in [0.2, 0.25) is 10.0 Å². The highest BCUT2D eigenvalue weighted by Gasteiger charge is 2.11. The van der Waals surface area contributed by atoms with Gasteiger partial charge in [-0.3, -0.25) is 4.79 Å². The predicted molar refractivity (Wildman–Crippen MR) is 77.5 cm³/mol. The molecule has 0 atom stereocenters. The molecule has 110 valence electrons. The van der Waals surface area contributed by atoms with Gasteiger partial charge in [0.05, 0.1) is 5.02 Å². The first kappa shape index (κ1) is 15.5. The van der Waals surface area contributed by atoms with Crippen LogP contribution in [-0.4, -0.2) is 12.5 Å². The third-order valence-electron chi connectivity index (χ3n) is 2.49. The highest BCUT2D eigenvalue weighted by molar-refractivity contribution is 6.32. The van der Waals surface area contributed by atoms with Crippen molar-refractivity contribution in [2.45, 2.75) is 6.61 Å². The number of halogens is 4. The number of rotatable bonds is 4. The van der Waals surface area contributed by atoms with Crippen LogP contribution in [0.25, 0.3) is 0 Å². The third kappa shape index (κ3) is 4.31. The zero-order valence-electron chi connectivity index (χ0n) is 10.4. The number of amides is 1. The zero-order chi connectivity index (χ0) is 15.4. The third-order valence-corrected chi connectivity index (χ3v) is 3.02. The second kappa shape index (κ2) is 6.74. The van der Waals surface area contributed by atoms with Crippen molar-refractivity contribution in [1.29, 1.82) is 0 Å². The van der Waals surface area contributed by atoms with Crippen molar-refractivity contribution in [3.8, 4) is 5.75 Å². The fourth-order valence-electron chi connectivity index (χ4n) is 1.60. The topological polar surface area (TPSA) is 38.3 Å². The maximum absolute atomic E-state index is 12.1. The van der Waals surface area contributed by atoms with E-state index in [2.05, 4.69) is 10.1 Å². The number of hydrogen-bond acceptors (Lipinski definition) is 2. The standard InChI is InChI=1S/C14H9Cl2F2NO2/c15-9-3-1-2-8(6-9)13(20)19-10-4-5-12(11(16)7-10)21-14(17)18/h1-7,14H,(H,19,20). The van der Waals surface area contributed by atoms with Crippen molar-refractivity contribution in [1.82, 2.24) is 0 Å². The maximum Gasteiger partial charge on any atom is 0.387 e. The number of benzene rings is 2. The zero-order valence-corrected chi connectivity index (χ0v) is 12.0. The minimum Gasteiger partial charge on any atom is -0.433 e. The molecule has 0 radical (unpaired) electrons. The van der Waals surface area contributed by atoms with Crippen LogP contribution >= 0.6 is 23.2 Å². The summed E-state index contributed by atoms with van der Waals surface area (Å²) in [5.41, 5.74) is 0.720. The second-order valence-corrected chi connectivity index (χ2v) is 4.83. The molecule has 0 saturated heterocycles. The minimum absolute atomic E-state index is 0.0285. The van der Waals surface area contributed by atoms with Crippen LogP contribution in [0, 0.1) is 0 Å². The Morgan fingerprint density at radius 1 is 1.14 bits per heavy atom. The molecule has 1 amide bonds. The number of carbonyl (C=O) groups excluding carboxylic acids is 1. The van der Waals surface area contributed by atoms with Crippen LogP contribution in [0.3, 0.4) is 0 Å². The molecule has 0 spiro atoms. The van der Waals surface area contributed by atoms with Crippen molar-refractivity contribution in [2.75, 3.05) is 5.32 Å². The summed E-state index contributed by atoms with van der Waals surface area (Å²) in [7, 11) is 0. The lowest BCUT2D eigenvalue weighted by molar-refractivity contribution is -0.0497. The number of hydrogen-bond donors (Lipinski definition) is 1. The molecule has 2 rings (SSSR count). The molecule has 0 fully saturated rings. The fourth-order valence-corrected chi connectivity index (χ4v) is 2.02. The van der Waals surface area contributed by atoms with E-state index >= 15 is 0 Å². The normalized spacial score (nSPS) is 10.5. The van der Waals surface area contributed by atoms with Crippen LogP contribution in [0.1, 0.15) is 10.4 Å². The Morgan fingerprint density at radius 3 is 2.52 bits per heavy atom. The van der Waals surface area contributed by atoms with Crippen molar-refractivity contribution in [3.05, 3.63) is 58.1 Å². The lowest BCUT2D eigenvalue weighted by Crippen LogP contribution is -2.12. The summed E-state index contributed by atoms with van der Waals surface area (Å²) in [6.45, 7) is -2.96. The predicted octanol–water partition coefficient (Wildman–Crippen LogP) is 4.85. The Morgan fingerprint density at radius 2 is 1.90 bits per heavy atom. The van der Waals surface area contributed by atoms with E-state index in [9.17, 15) is 13.6 Å². The first-order valence-corrected chi connectivity index (χ1v) is 6.52. The monoisotopic (exact) mass is 331 g/mol. The van der Waals surface area contributed by atoms with Gasteiger partial charge in [0.2, 0.25) is 0 Å². The first-order valence-electron chi connectivity index (χ1n) is 5.77. The van der Waals surface area contributed by atoms with E-state index in [4.69, 9.17) is 23.2 Å². The number of anilines is 1. The van der Waals surface area contributed by atoms with Crippen molar-refractivity contribution in [2.24, 2.45) is 0 Å². The Hall–Kier alpha value is -1.85. The Bertz CT molecular complexity index is 665. The molecule has 0 unspecified atom stereocenters. The smallest absolute Gasteiger partial charge is 0.387 e. The van der Waals surface area contributed by atoms with Gasteiger partial charge in [0, 0.05) is 16.3 Å². The summed E-state index contributed by atoms with van der Waals surface area (Å²) in [6.07, 6.45) is 0. The van der Waals surface area contributed by atoms with E-state index in [0.29, 0.717) is 16.3 Å². The fraction of sp³-hybridized carbons (Fsp3) is 0.0714. The summed E-state index contributed by atoms with van der Waals surface area (Å²) >= 11 is 11.6. The molecule has 21 heavy (non-hydrogen) atoms. The molecule has 0 bridgehead atoms. The van der Waals surface area contributed by atoms with Gasteiger partial charge in [-0.2, -0.15) is 8.78 Å². The quantitative estimate of drug-likeness (QED) is 0.869. The van der Waals surface area contributed by atoms with Gasteiger partial charge in [0.15, 0.2) is 0 Å². The highest BCUT2D eigenvalue weighted by Crippen LogP contribution is 2.29. The maximum atomic E-state index is 12.1. The number of nitrogens with one attached hydrogen (secondary N) is 1. The minimum atomic E-state index is -2.96. The van der Waals surface area contributed by atoms with E-state index in [0.717, 1.165) is 0 Å². The molecule has 0 heterocycles. The molecular formula is C14H9Cl2F2NO2. The summed E-state index contributed by atoms with van der Waals surface area (Å²) in [5.74, 6) is -0.552. The number of carbonyl (C=O) groups is 1. The van der Waals surface area contributed by atoms with E-state index in [1.165, 1.54) is 24.3 Å². The van der Waals surface area contributed by atoms with Crippen molar-refractivity contribution >= 4 is 34.8 Å². The molecule has 0 aliphatic carbocycles. The highest BCUT2D eigenvalue weighted by atomic mass is 35.5. The molecule has 1 N–H and O–H groups in total. The van der Waals surface area contributed by atoms with Gasteiger partial charge < -0.3 is 10.1 Å². The summed E-state index contributed by atoms with van der Waals surface area (Å²) in [5, 5.41) is 2.99. The largest absolute Gasteiger partial charge is 0.433 e. The lowest BCUT2D eigenvalue weighted by Gasteiger charge is -2.09. The van der Waals surface area contributed by atoms with Gasteiger partial charge in [0.25, 0.3) is 5.91 Å². The molecule has 7 heteroatoms. The molecule has 3 nitrogen and oxygen atoms in total. The molecule has 0 saturated carbocycles. The van der Waals surface area contributed by atoms with Gasteiger partial charge in [0.1, 0.15) is 5.75 Å². The molecular weight excluding hydrogens is 323 g/mol. The van der Waals surface area contributed by atoms with E-state index in [1.807, 2.05) is 0 Å². The van der Waals surface area contributed by atoms with Crippen LogP contribution in [-0.2, 0) is 0 Å². The van der Waals surface area contributed by atoms with Gasteiger partial charge >= 0.3 is 6.61 Å². The number of alkyl halides is 2. The van der Waals surface area contributed by atoms with Crippen LogP contribution in [0.5, 0.6) is 5.75 Å². The Kier molecular flexibility index (Phi) is 4.98. The summed E-state index contributed by atoms with van der Waals surface area (Å²) in [6, 6.07) is 10.4. The molecule has 2 aromatic rings. The van der Waals surface area contributed by atoms with Crippen LogP contribution in [0.15, 0.2) is 42.5 Å². The van der Waals surface area contributed by atoms with E-state index in [-0.39, 0.29) is 10.8 Å². The second-order valence-electron chi connectivity index (χ2n) is 3.99. The average Bonchev–Trinajstić information content (AvgIpc) is 2.41. The summed E-state index contributed by atoms with van der Waals surface area (Å²) in [4.78, 5) is 12.0. The van der Waals surface area contributed by atoms with Crippen molar-refractivity contribution in [3.63, 3.8) is 0 Å². The SMILES string of the molecule is O=C(Nc1ccc(OC(F)F)c(Cl)c1)c1cccc(Cl)c1.